The summed E-state index contributed by atoms with van der Waals surface area (Å²) in [5, 5.41) is 15.2. The molecule has 3 aromatic rings. The number of fused-ring (bicyclic) bond motifs is 1. The number of pyridine rings is 1. The average molecular weight is 326 g/mol. The summed E-state index contributed by atoms with van der Waals surface area (Å²) in [5.74, 6) is 0.147. The third kappa shape index (κ3) is 3.05. The van der Waals surface area contributed by atoms with E-state index in [9.17, 15) is 9.90 Å². The van der Waals surface area contributed by atoms with E-state index in [1.165, 1.54) is 0 Å². The van der Waals surface area contributed by atoms with Crippen LogP contribution in [0.4, 0.5) is 11.4 Å². The third-order valence-corrected chi connectivity index (χ3v) is 4.64. The van der Waals surface area contributed by atoms with Gasteiger partial charge in [0.25, 0.3) is 0 Å². The number of phenolic OH excluding ortho intramolecular Hbond substituents is 1. The van der Waals surface area contributed by atoms with Crippen LogP contribution in [0.5, 0.6) is 5.75 Å². The molecule has 5 heteroatoms. The van der Waals surface area contributed by atoms with Crippen molar-refractivity contribution in [1.82, 2.24) is 4.98 Å². The first-order valence-corrected chi connectivity index (χ1v) is 8.44. The summed E-state index contributed by atoms with van der Waals surface area (Å²) in [4.78, 5) is 16.7. The first-order valence-electron chi connectivity index (χ1n) is 7.56. The number of rotatable bonds is 5. The van der Waals surface area contributed by atoms with Crippen molar-refractivity contribution >= 4 is 38.7 Å². The maximum absolute atomic E-state index is 12.4. The molecule has 3 rings (SSSR count). The number of Topliss-reactive ketones (excluding diaryl/α,β-unsaturated/α-hetero) is 1. The van der Waals surface area contributed by atoms with Gasteiger partial charge >= 0.3 is 0 Å². The zero-order valence-corrected chi connectivity index (χ0v) is 13.9. The van der Waals surface area contributed by atoms with Crippen LogP contribution in [0.2, 0.25) is 0 Å². The SMILES string of the molecule is CCCC(=O)c1cc(O)cc(C)c1Nc1ccnc2ccsc12. The highest BCUT2D eigenvalue weighted by atomic mass is 32.1. The number of anilines is 2. The first-order chi connectivity index (χ1) is 11.1. The molecule has 0 bridgehead atoms. The second-order valence-corrected chi connectivity index (χ2v) is 6.39. The molecule has 0 aliphatic carbocycles. The van der Waals surface area contributed by atoms with E-state index in [0.717, 1.165) is 33.6 Å². The van der Waals surface area contributed by atoms with E-state index < -0.39 is 0 Å². The normalized spacial score (nSPS) is 10.9. The molecule has 0 radical (unpaired) electrons. The van der Waals surface area contributed by atoms with Gasteiger partial charge < -0.3 is 10.4 Å². The van der Waals surface area contributed by atoms with Crippen molar-refractivity contribution in [3.05, 3.63) is 47.0 Å². The summed E-state index contributed by atoms with van der Waals surface area (Å²) in [6.45, 7) is 3.86. The third-order valence-electron chi connectivity index (χ3n) is 3.70. The minimum absolute atomic E-state index is 0.0329. The van der Waals surface area contributed by atoms with Crippen molar-refractivity contribution in [1.29, 1.82) is 0 Å². The van der Waals surface area contributed by atoms with E-state index in [-0.39, 0.29) is 11.5 Å². The van der Waals surface area contributed by atoms with Gasteiger partial charge in [-0.1, -0.05) is 6.92 Å². The Morgan fingerprint density at radius 1 is 1.35 bits per heavy atom. The number of nitrogens with zero attached hydrogens (tertiary/aromatic N) is 1. The van der Waals surface area contributed by atoms with Crippen LogP contribution in [0.1, 0.15) is 35.7 Å². The molecule has 0 aliphatic rings. The highest BCUT2D eigenvalue weighted by Crippen LogP contribution is 2.34. The number of aryl methyl sites for hydroxylation is 1. The number of nitrogens with one attached hydrogen (secondary N) is 1. The topological polar surface area (TPSA) is 62.2 Å². The quantitative estimate of drug-likeness (QED) is 0.509. The van der Waals surface area contributed by atoms with Gasteiger partial charge in [-0.2, -0.15) is 0 Å². The number of ketones is 1. The Labute approximate surface area is 138 Å². The molecule has 2 heterocycles. The molecule has 0 spiro atoms. The number of thiophene rings is 1. The van der Waals surface area contributed by atoms with Gasteiger partial charge in [0.05, 0.1) is 21.6 Å². The molecule has 1 aromatic carbocycles. The van der Waals surface area contributed by atoms with E-state index in [4.69, 9.17) is 0 Å². The Morgan fingerprint density at radius 3 is 2.96 bits per heavy atom. The number of aromatic nitrogens is 1. The highest BCUT2D eigenvalue weighted by Gasteiger charge is 2.16. The van der Waals surface area contributed by atoms with E-state index in [1.807, 2.05) is 31.4 Å². The second kappa shape index (κ2) is 6.38. The summed E-state index contributed by atoms with van der Waals surface area (Å²) in [5.41, 5.74) is 3.97. The fourth-order valence-corrected chi connectivity index (χ4v) is 3.44. The van der Waals surface area contributed by atoms with Crippen LogP contribution < -0.4 is 5.32 Å². The standard InChI is InChI=1S/C18H18N2O2S/c1-3-4-16(22)13-10-12(21)9-11(2)17(13)20-15-5-7-19-14-6-8-23-18(14)15/h5-10,21H,3-4H2,1-2H3,(H,19,20). The summed E-state index contributed by atoms with van der Waals surface area (Å²) in [6.07, 6.45) is 2.99. The molecular weight excluding hydrogens is 308 g/mol. The van der Waals surface area contributed by atoms with Gasteiger partial charge in [0.2, 0.25) is 0 Å². The molecule has 0 atom stereocenters. The Bertz CT molecular complexity index is 871. The minimum atomic E-state index is 0.0329. The second-order valence-electron chi connectivity index (χ2n) is 5.48. The zero-order valence-electron chi connectivity index (χ0n) is 13.1. The predicted molar refractivity (Wildman–Crippen MR) is 95.0 cm³/mol. The Kier molecular flexibility index (Phi) is 4.30. The van der Waals surface area contributed by atoms with Crippen LogP contribution in [0.25, 0.3) is 10.2 Å². The molecule has 0 unspecified atom stereocenters. The lowest BCUT2D eigenvalue weighted by Gasteiger charge is -2.15. The van der Waals surface area contributed by atoms with E-state index in [1.54, 1.807) is 29.7 Å². The van der Waals surface area contributed by atoms with Crippen molar-refractivity contribution in [3.8, 4) is 5.75 Å². The lowest BCUT2D eigenvalue weighted by atomic mass is 10.0. The van der Waals surface area contributed by atoms with E-state index in [2.05, 4.69) is 10.3 Å². The number of hydrogen-bond acceptors (Lipinski definition) is 5. The van der Waals surface area contributed by atoms with Crippen LogP contribution >= 0.6 is 11.3 Å². The molecule has 0 amide bonds. The smallest absolute Gasteiger partial charge is 0.165 e. The monoisotopic (exact) mass is 326 g/mol. The van der Waals surface area contributed by atoms with Crippen molar-refractivity contribution in [2.45, 2.75) is 26.7 Å². The van der Waals surface area contributed by atoms with Crippen LogP contribution in [0, 0.1) is 6.92 Å². The maximum atomic E-state index is 12.4. The molecule has 0 saturated carbocycles. The van der Waals surface area contributed by atoms with Crippen LogP contribution in [0.15, 0.2) is 35.8 Å². The first kappa shape index (κ1) is 15.5. The van der Waals surface area contributed by atoms with Crippen LogP contribution in [-0.4, -0.2) is 15.9 Å². The molecule has 4 nitrogen and oxygen atoms in total. The van der Waals surface area contributed by atoms with E-state index in [0.29, 0.717) is 12.0 Å². The minimum Gasteiger partial charge on any atom is -0.508 e. The van der Waals surface area contributed by atoms with Crippen LogP contribution in [-0.2, 0) is 0 Å². The van der Waals surface area contributed by atoms with Crippen LogP contribution in [0.3, 0.4) is 0 Å². The van der Waals surface area contributed by atoms with Crippen molar-refractivity contribution in [2.24, 2.45) is 0 Å². The Morgan fingerprint density at radius 2 is 2.17 bits per heavy atom. The van der Waals surface area contributed by atoms with Gasteiger partial charge in [0.1, 0.15) is 5.75 Å². The number of carbonyl (C=O) groups is 1. The van der Waals surface area contributed by atoms with E-state index >= 15 is 0 Å². The molecule has 0 saturated heterocycles. The van der Waals surface area contributed by atoms with Crippen molar-refractivity contribution in [2.75, 3.05) is 5.32 Å². The van der Waals surface area contributed by atoms with Crippen molar-refractivity contribution in [3.63, 3.8) is 0 Å². The molecule has 23 heavy (non-hydrogen) atoms. The largest absolute Gasteiger partial charge is 0.508 e. The summed E-state index contributed by atoms with van der Waals surface area (Å²) in [6, 6.07) is 7.08. The fourth-order valence-electron chi connectivity index (χ4n) is 2.62. The molecule has 118 valence electrons. The maximum Gasteiger partial charge on any atom is 0.165 e. The summed E-state index contributed by atoms with van der Waals surface area (Å²) in [7, 11) is 0. The lowest BCUT2D eigenvalue weighted by molar-refractivity contribution is 0.0982. The van der Waals surface area contributed by atoms with Gasteiger partial charge in [0, 0.05) is 18.2 Å². The van der Waals surface area contributed by atoms with Crippen molar-refractivity contribution < 1.29 is 9.90 Å². The highest BCUT2D eigenvalue weighted by molar-refractivity contribution is 7.17. The number of aromatic hydroxyl groups is 1. The van der Waals surface area contributed by atoms with Gasteiger partial charge in [0.15, 0.2) is 5.78 Å². The van der Waals surface area contributed by atoms with Gasteiger partial charge in [-0.3, -0.25) is 9.78 Å². The molecular formula is C18H18N2O2S. The molecule has 2 N–H and O–H groups in total. The Balaban J connectivity index is 2.08. The van der Waals surface area contributed by atoms with Gasteiger partial charge in [-0.05, 0) is 48.6 Å². The average Bonchev–Trinajstić information content (AvgIpc) is 2.99. The molecule has 2 aromatic heterocycles. The summed E-state index contributed by atoms with van der Waals surface area (Å²) >= 11 is 1.61. The fraction of sp³-hybridized carbons (Fsp3) is 0.222. The lowest BCUT2D eigenvalue weighted by Crippen LogP contribution is -2.05. The molecule has 0 fully saturated rings. The number of hydrogen-bond donors (Lipinski definition) is 2. The zero-order chi connectivity index (χ0) is 16.4. The molecule has 0 aliphatic heterocycles. The Hall–Kier alpha value is -2.40. The van der Waals surface area contributed by atoms with Gasteiger partial charge in [-0.25, -0.2) is 0 Å². The van der Waals surface area contributed by atoms with Gasteiger partial charge in [-0.15, -0.1) is 11.3 Å². The predicted octanol–water partition coefficient (Wildman–Crippen LogP) is 5.04. The number of phenols is 1. The summed E-state index contributed by atoms with van der Waals surface area (Å²) < 4.78 is 1.05. The number of carbonyl (C=O) groups excluding carboxylic acids is 1. The number of benzene rings is 1.